The quantitative estimate of drug-likeness (QED) is 0.708. The molecule has 1 saturated heterocycles. The van der Waals surface area contributed by atoms with Gasteiger partial charge in [0.15, 0.2) is 6.29 Å². The van der Waals surface area contributed by atoms with Crippen molar-refractivity contribution in [2.45, 2.75) is 32.2 Å². The Labute approximate surface area is 113 Å². The van der Waals surface area contributed by atoms with Gasteiger partial charge in [-0.25, -0.2) is 0 Å². The van der Waals surface area contributed by atoms with Crippen molar-refractivity contribution >= 4 is 0 Å². The number of pyridine rings is 1. The summed E-state index contributed by atoms with van der Waals surface area (Å²) in [5.41, 5.74) is 0.990. The standard InChI is InChI=1S/C14H21NO4/c1-16-6-7-17-13-8-12(9-15-10-13)11-19-14-4-2-3-5-18-14/h8-10,14H,2-7,11H2,1H3. The van der Waals surface area contributed by atoms with Gasteiger partial charge in [-0.05, 0) is 30.9 Å². The molecule has 1 atom stereocenters. The lowest BCUT2D eigenvalue weighted by Crippen LogP contribution is -2.22. The maximum atomic E-state index is 5.71. The fraction of sp³-hybridized carbons (Fsp3) is 0.643. The highest BCUT2D eigenvalue weighted by Gasteiger charge is 2.14. The van der Waals surface area contributed by atoms with Crippen molar-refractivity contribution in [2.75, 3.05) is 26.9 Å². The van der Waals surface area contributed by atoms with Crippen molar-refractivity contribution < 1.29 is 18.9 Å². The zero-order valence-electron chi connectivity index (χ0n) is 11.3. The molecule has 2 heterocycles. The van der Waals surface area contributed by atoms with Crippen LogP contribution in [0.2, 0.25) is 0 Å². The number of aromatic nitrogens is 1. The zero-order chi connectivity index (χ0) is 13.3. The maximum Gasteiger partial charge on any atom is 0.158 e. The van der Waals surface area contributed by atoms with Gasteiger partial charge in [-0.1, -0.05) is 0 Å². The van der Waals surface area contributed by atoms with Crippen LogP contribution in [0.1, 0.15) is 24.8 Å². The van der Waals surface area contributed by atoms with Gasteiger partial charge < -0.3 is 18.9 Å². The molecule has 0 aliphatic carbocycles. The Bertz CT molecular complexity index is 366. The van der Waals surface area contributed by atoms with E-state index < -0.39 is 0 Å². The van der Waals surface area contributed by atoms with E-state index in [1.807, 2.05) is 6.07 Å². The number of hydrogen-bond acceptors (Lipinski definition) is 5. The molecule has 0 amide bonds. The van der Waals surface area contributed by atoms with Crippen LogP contribution in [0.4, 0.5) is 0 Å². The molecule has 1 fully saturated rings. The number of nitrogens with zero attached hydrogens (tertiary/aromatic N) is 1. The van der Waals surface area contributed by atoms with Crippen LogP contribution in [0.5, 0.6) is 5.75 Å². The van der Waals surface area contributed by atoms with Crippen LogP contribution in [-0.2, 0) is 20.8 Å². The van der Waals surface area contributed by atoms with Crippen LogP contribution >= 0.6 is 0 Å². The average Bonchev–Trinajstić information content (AvgIpc) is 2.47. The monoisotopic (exact) mass is 267 g/mol. The van der Waals surface area contributed by atoms with E-state index >= 15 is 0 Å². The second-order valence-electron chi connectivity index (χ2n) is 4.48. The lowest BCUT2D eigenvalue weighted by Gasteiger charge is -2.22. The average molecular weight is 267 g/mol. The molecule has 2 rings (SSSR count). The van der Waals surface area contributed by atoms with Crippen LogP contribution < -0.4 is 4.74 Å². The molecule has 0 aromatic carbocycles. The summed E-state index contributed by atoms with van der Waals surface area (Å²) in [4.78, 5) is 4.14. The van der Waals surface area contributed by atoms with E-state index in [-0.39, 0.29) is 6.29 Å². The topological polar surface area (TPSA) is 49.8 Å². The molecule has 5 nitrogen and oxygen atoms in total. The van der Waals surface area contributed by atoms with Crippen LogP contribution in [-0.4, -0.2) is 38.2 Å². The summed E-state index contributed by atoms with van der Waals surface area (Å²) in [7, 11) is 1.65. The van der Waals surface area contributed by atoms with Gasteiger partial charge in [-0.15, -0.1) is 0 Å². The number of methoxy groups -OCH3 is 1. The minimum atomic E-state index is -0.0770. The largest absolute Gasteiger partial charge is 0.490 e. The summed E-state index contributed by atoms with van der Waals surface area (Å²) in [6, 6.07) is 1.94. The molecular weight excluding hydrogens is 246 g/mol. The van der Waals surface area contributed by atoms with E-state index in [1.54, 1.807) is 19.5 Å². The molecule has 0 spiro atoms. The zero-order valence-corrected chi connectivity index (χ0v) is 11.3. The molecule has 0 N–H and O–H groups in total. The summed E-state index contributed by atoms with van der Waals surface area (Å²) in [6.45, 7) is 2.38. The third-order valence-electron chi connectivity index (χ3n) is 2.90. The molecule has 1 aromatic rings. The van der Waals surface area contributed by atoms with Gasteiger partial charge in [0, 0.05) is 19.9 Å². The first kappa shape index (κ1) is 14.2. The predicted molar refractivity (Wildman–Crippen MR) is 70.0 cm³/mol. The van der Waals surface area contributed by atoms with E-state index in [2.05, 4.69) is 4.98 Å². The van der Waals surface area contributed by atoms with Gasteiger partial charge in [0.05, 0.1) is 19.4 Å². The molecule has 5 heteroatoms. The van der Waals surface area contributed by atoms with Crippen molar-refractivity contribution in [3.63, 3.8) is 0 Å². The van der Waals surface area contributed by atoms with Crippen LogP contribution in [0.3, 0.4) is 0 Å². The van der Waals surface area contributed by atoms with E-state index in [9.17, 15) is 0 Å². The minimum Gasteiger partial charge on any atom is -0.490 e. The van der Waals surface area contributed by atoms with E-state index in [1.165, 1.54) is 6.42 Å². The molecule has 0 radical (unpaired) electrons. The van der Waals surface area contributed by atoms with Crippen LogP contribution in [0.25, 0.3) is 0 Å². The highest BCUT2D eigenvalue weighted by Crippen LogP contribution is 2.17. The summed E-state index contributed by atoms with van der Waals surface area (Å²) in [5.74, 6) is 0.739. The Kier molecular flexibility index (Phi) is 6.07. The van der Waals surface area contributed by atoms with E-state index in [4.69, 9.17) is 18.9 Å². The van der Waals surface area contributed by atoms with Crippen molar-refractivity contribution in [1.82, 2.24) is 4.98 Å². The van der Waals surface area contributed by atoms with E-state index in [0.717, 1.165) is 30.8 Å². The molecule has 1 aliphatic heterocycles. The highest BCUT2D eigenvalue weighted by molar-refractivity contribution is 5.22. The molecule has 1 aromatic heterocycles. The molecule has 1 unspecified atom stereocenters. The maximum absolute atomic E-state index is 5.71. The molecular formula is C14H21NO4. The third kappa shape index (κ3) is 5.14. The molecule has 1 aliphatic rings. The molecule has 0 bridgehead atoms. The van der Waals surface area contributed by atoms with Crippen molar-refractivity contribution in [3.05, 3.63) is 24.0 Å². The number of ether oxygens (including phenoxy) is 4. The van der Waals surface area contributed by atoms with Gasteiger partial charge in [-0.2, -0.15) is 0 Å². The fourth-order valence-electron chi connectivity index (χ4n) is 1.90. The Morgan fingerprint density at radius 1 is 1.32 bits per heavy atom. The van der Waals surface area contributed by atoms with Crippen molar-refractivity contribution in [2.24, 2.45) is 0 Å². The van der Waals surface area contributed by atoms with Gasteiger partial charge in [0.1, 0.15) is 12.4 Å². The number of hydrogen-bond donors (Lipinski definition) is 0. The molecule has 0 saturated carbocycles. The normalized spacial score (nSPS) is 19.3. The van der Waals surface area contributed by atoms with Gasteiger partial charge in [0.2, 0.25) is 0 Å². The second kappa shape index (κ2) is 8.09. The molecule has 106 valence electrons. The Hall–Kier alpha value is -1.17. The Morgan fingerprint density at radius 2 is 2.26 bits per heavy atom. The van der Waals surface area contributed by atoms with Crippen molar-refractivity contribution in [1.29, 1.82) is 0 Å². The molecule has 19 heavy (non-hydrogen) atoms. The van der Waals surface area contributed by atoms with Gasteiger partial charge in [0.25, 0.3) is 0 Å². The lowest BCUT2D eigenvalue weighted by atomic mass is 10.2. The number of rotatable bonds is 7. The Morgan fingerprint density at radius 3 is 3.05 bits per heavy atom. The predicted octanol–water partition coefficient (Wildman–Crippen LogP) is 2.15. The lowest BCUT2D eigenvalue weighted by molar-refractivity contribution is -0.169. The SMILES string of the molecule is COCCOc1cncc(COC2CCCCO2)c1. The summed E-state index contributed by atoms with van der Waals surface area (Å²) >= 11 is 0. The Balaban J connectivity index is 1.77. The minimum absolute atomic E-state index is 0.0770. The smallest absolute Gasteiger partial charge is 0.158 e. The van der Waals surface area contributed by atoms with Crippen LogP contribution in [0, 0.1) is 0 Å². The first-order chi connectivity index (χ1) is 9.38. The third-order valence-corrected chi connectivity index (χ3v) is 2.90. The highest BCUT2D eigenvalue weighted by atomic mass is 16.7. The first-order valence-electron chi connectivity index (χ1n) is 6.67. The fourth-order valence-corrected chi connectivity index (χ4v) is 1.90. The van der Waals surface area contributed by atoms with Crippen molar-refractivity contribution in [3.8, 4) is 5.75 Å². The summed E-state index contributed by atoms with van der Waals surface area (Å²) in [5, 5.41) is 0. The summed E-state index contributed by atoms with van der Waals surface area (Å²) in [6.07, 6.45) is 6.67. The van der Waals surface area contributed by atoms with Crippen LogP contribution in [0.15, 0.2) is 18.5 Å². The van der Waals surface area contributed by atoms with E-state index in [0.29, 0.717) is 19.8 Å². The van der Waals surface area contributed by atoms with Gasteiger partial charge >= 0.3 is 0 Å². The van der Waals surface area contributed by atoms with Gasteiger partial charge in [-0.3, -0.25) is 4.98 Å². The second-order valence-corrected chi connectivity index (χ2v) is 4.48. The first-order valence-corrected chi connectivity index (χ1v) is 6.67. The summed E-state index contributed by atoms with van der Waals surface area (Å²) < 4.78 is 21.7.